The maximum atomic E-state index is 12.4. The average molecular weight is 361 g/mol. The lowest BCUT2D eigenvalue weighted by Gasteiger charge is -2.16. The van der Waals surface area contributed by atoms with E-state index >= 15 is 0 Å². The SMILES string of the molecule is CC(=O)Nc1cccc(C(=O)N[C@H](Cc2ccc(Cl)nc2)C(N)=O)c1. The largest absolute Gasteiger partial charge is 0.368 e. The number of carbonyl (C=O) groups is 3. The minimum atomic E-state index is -0.903. The van der Waals surface area contributed by atoms with E-state index in [0.29, 0.717) is 22.0 Å². The zero-order chi connectivity index (χ0) is 18.4. The molecule has 0 aliphatic carbocycles. The molecule has 0 aliphatic rings. The van der Waals surface area contributed by atoms with Crippen LogP contribution < -0.4 is 16.4 Å². The lowest BCUT2D eigenvalue weighted by atomic mass is 10.1. The van der Waals surface area contributed by atoms with E-state index in [4.69, 9.17) is 17.3 Å². The van der Waals surface area contributed by atoms with Crippen molar-refractivity contribution >= 4 is 35.0 Å². The second kappa shape index (κ2) is 8.25. The van der Waals surface area contributed by atoms with E-state index < -0.39 is 17.9 Å². The molecule has 1 heterocycles. The van der Waals surface area contributed by atoms with Gasteiger partial charge in [0.2, 0.25) is 11.8 Å². The van der Waals surface area contributed by atoms with Crippen LogP contribution in [0.1, 0.15) is 22.8 Å². The monoisotopic (exact) mass is 360 g/mol. The van der Waals surface area contributed by atoms with E-state index in [1.807, 2.05) is 0 Å². The minimum Gasteiger partial charge on any atom is -0.368 e. The zero-order valence-electron chi connectivity index (χ0n) is 13.5. The Morgan fingerprint density at radius 3 is 2.60 bits per heavy atom. The summed E-state index contributed by atoms with van der Waals surface area (Å²) in [5.74, 6) is -1.39. The third kappa shape index (κ3) is 5.58. The van der Waals surface area contributed by atoms with E-state index in [-0.39, 0.29) is 12.3 Å². The van der Waals surface area contributed by atoms with Gasteiger partial charge in [-0.3, -0.25) is 14.4 Å². The quantitative estimate of drug-likeness (QED) is 0.677. The average Bonchev–Trinajstić information content (AvgIpc) is 2.55. The van der Waals surface area contributed by atoms with Crippen molar-refractivity contribution in [1.82, 2.24) is 10.3 Å². The molecule has 1 aromatic heterocycles. The van der Waals surface area contributed by atoms with Crippen LogP contribution in [-0.4, -0.2) is 28.7 Å². The summed E-state index contributed by atoms with van der Waals surface area (Å²) in [5, 5.41) is 5.51. The van der Waals surface area contributed by atoms with Gasteiger partial charge < -0.3 is 16.4 Å². The van der Waals surface area contributed by atoms with Crippen molar-refractivity contribution in [1.29, 1.82) is 0 Å². The number of hydrogen-bond donors (Lipinski definition) is 3. The van der Waals surface area contributed by atoms with Crippen molar-refractivity contribution in [3.63, 3.8) is 0 Å². The van der Waals surface area contributed by atoms with Crippen molar-refractivity contribution < 1.29 is 14.4 Å². The molecule has 0 fully saturated rings. The first-order chi connectivity index (χ1) is 11.8. The Kier molecular flexibility index (Phi) is 6.08. The van der Waals surface area contributed by atoms with Crippen LogP contribution in [0.5, 0.6) is 0 Å². The highest BCUT2D eigenvalue weighted by Crippen LogP contribution is 2.12. The van der Waals surface area contributed by atoms with Gasteiger partial charge in [-0.2, -0.15) is 0 Å². The fourth-order valence-corrected chi connectivity index (χ4v) is 2.28. The van der Waals surface area contributed by atoms with Crippen LogP contribution in [0.25, 0.3) is 0 Å². The van der Waals surface area contributed by atoms with Gasteiger partial charge in [-0.25, -0.2) is 4.98 Å². The van der Waals surface area contributed by atoms with Gasteiger partial charge in [-0.05, 0) is 29.8 Å². The molecule has 0 aliphatic heterocycles. The molecule has 130 valence electrons. The molecule has 1 aromatic carbocycles. The van der Waals surface area contributed by atoms with Crippen LogP contribution in [-0.2, 0) is 16.0 Å². The number of hydrogen-bond acceptors (Lipinski definition) is 4. The Balaban J connectivity index is 2.11. The predicted octanol–water partition coefficient (Wildman–Crippen LogP) is 1.52. The first kappa shape index (κ1) is 18.4. The molecule has 0 saturated carbocycles. The number of amides is 3. The lowest BCUT2D eigenvalue weighted by molar-refractivity contribution is -0.119. The van der Waals surface area contributed by atoms with Gasteiger partial charge in [-0.1, -0.05) is 23.7 Å². The molecule has 0 saturated heterocycles. The number of anilines is 1. The maximum Gasteiger partial charge on any atom is 0.252 e. The van der Waals surface area contributed by atoms with E-state index in [0.717, 1.165) is 0 Å². The Hall–Kier alpha value is -2.93. The lowest BCUT2D eigenvalue weighted by Crippen LogP contribution is -2.45. The summed E-state index contributed by atoms with van der Waals surface area (Å²) in [6, 6.07) is 8.76. The summed E-state index contributed by atoms with van der Waals surface area (Å²) in [6.07, 6.45) is 1.71. The molecule has 8 heteroatoms. The third-order valence-corrected chi connectivity index (χ3v) is 3.55. The molecule has 7 nitrogen and oxygen atoms in total. The van der Waals surface area contributed by atoms with E-state index in [1.165, 1.54) is 19.2 Å². The normalized spacial score (nSPS) is 11.4. The summed E-state index contributed by atoms with van der Waals surface area (Å²) < 4.78 is 0. The number of primary amides is 1. The second-order valence-corrected chi connectivity index (χ2v) is 5.77. The van der Waals surface area contributed by atoms with Gasteiger partial charge >= 0.3 is 0 Å². The summed E-state index contributed by atoms with van der Waals surface area (Å²) in [7, 11) is 0. The number of nitrogens with two attached hydrogens (primary N) is 1. The Morgan fingerprint density at radius 2 is 2.00 bits per heavy atom. The topological polar surface area (TPSA) is 114 Å². The molecule has 0 unspecified atom stereocenters. The van der Waals surface area contributed by atoms with Gasteiger partial charge in [0, 0.05) is 30.8 Å². The van der Waals surface area contributed by atoms with Crippen LogP contribution in [0, 0.1) is 0 Å². The molecule has 2 aromatic rings. The standard InChI is InChI=1S/C17H17ClN4O3/c1-10(23)21-13-4-2-3-12(8-13)17(25)22-14(16(19)24)7-11-5-6-15(18)20-9-11/h2-6,8-9,14H,7H2,1H3,(H2,19,24)(H,21,23)(H,22,25)/t14-/m1/s1. The van der Waals surface area contributed by atoms with Crippen molar-refractivity contribution in [2.24, 2.45) is 5.73 Å². The molecule has 1 atom stereocenters. The van der Waals surface area contributed by atoms with Gasteiger partial charge in [0.25, 0.3) is 5.91 Å². The fourth-order valence-electron chi connectivity index (χ4n) is 2.17. The number of rotatable bonds is 6. The van der Waals surface area contributed by atoms with Crippen LogP contribution in [0.4, 0.5) is 5.69 Å². The van der Waals surface area contributed by atoms with Crippen LogP contribution in [0.15, 0.2) is 42.6 Å². The third-order valence-electron chi connectivity index (χ3n) is 3.32. The fraction of sp³-hybridized carbons (Fsp3) is 0.176. The van der Waals surface area contributed by atoms with Gasteiger partial charge in [-0.15, -0.1) is 0 Å². The van der Waals surface area contributed by atoms with Crippen LogP contribution in [0.3, 0.4) is 0 Å². The van der Waals surface area contributed by atoms with Gasteiger partial charge in [0.1, 0.15) is 11.2 Å². The second-order valence-electron chi connectivity index (χ2n) is 5.38. The Labute approximate surface area is 149 Å². The molecule has 0 bridgehead atoms. The van der Waals surface area contributed by atoms with Crippen molar-refractivity contribution in [3.05, 3.63) is 58.9 Å². The van der Waals surface area contributed by atoms with Gasteiger partial charge in [0.15, 0.2) is 0 Å². The predicted molar refractivity (Wildman–Crippen MR) is 94.1 cm³/mol. The molecular weight excluding hydrogens is 344 g/mol. The number of carbonyl (C=O) groups excluding carboxylic acids is 3. The number of halogens is 1. The van der Waals surface area contributed by atoms with Gasteiger partial charge in [0.05, 0.1) is 0 Å². The Bertz CT molecular complexity index is 793. The smallest absolute Gasteiger partial charge is 0.252 e. The molecular formula is C17H17ClN4O3. The molecule has 4 N–H and O–H groups in total. The highest BCUT2D eigenvalue weighted by molar-refractivity contribution is 6.29. The summed E-state index contributed by atoms with van der Waals surface area (Å²) in [4.78, 5) is 39.1. The number of nitrogens with zero attached hydrogens (tertiary/aromatic N) is 1. The molecule has 3 amide bonds. The van der Waals surface area contributed by atoms with E-state index in [9.17, 15) is 14.4 Å². The van der Waals surface area contributed by atoms with E-state index in [1.54, 1.807) is 30.3 Å². The summed E-state index contributed by atoms with van der Waals surface area (Å²) in [5.41, 5.74) is 6.87. The van der Waals surface area contributed by atoms with Crippen molar-refractivity contribution in [2.45, 2.75) is 19.4 Å². The zero-order valence-corrected chi connectivity index (χ0v) is 14.2. The number of nitrogens with one attached hydrogen (secondary N) is 2. The van der Waals surface area contributed by atoms with E-state index in [2.05, 4.69) is 15.6 Å². The first-order valence-corrected chi connectivity index (χ1v) is 7.81. The molecule has 0 spiro atoms. The highest BCUT2D eigenvalue weighted by atomic mass is 35.5. The maximum absolute atomic E-state index is 12.4. The van der Waals surface area contributed by atoms with Crippen LogP contribution in [0.2, 0.25) is 5.15 Å². The molecule has 0 radical (unpaired) electrons. The summed E-state index contributed by atoms with van der Waals surface area (Å²) in [6.45, 7) is 1.37. The first-order valence-electron chi connectivity index (χ1n) is 7.43. The summed E-state index contributed by atoms with van der Waals surface area (Å²) >= 11 is 5.72. The minimum absolute atomic E-state index is 0.191. The van der Waals surface area contributed by atoms with Crippen molar-refractivity contribution in [3.8, 4) is 0 Å². The number of aromatic nitrogens is 1. The number of benzene rings is 1. The number of pyridine rings is 1. The highest BCUT2D eigenvalue weighted by Gasteiger charge is 2.20. The van der Waals surface area contributed by atoms with Crippen LogP contribution >= 0.6 is 11.6 Å². The molecule has 2 rings (SSSR count). The Morgan fingerprint density at radius 1 is 1.24 bits per heavy atom. The molecule has 25 heavy (non-hydrogen) atoms. The van der Waals surface area contributed by atoms with Crippen molar-refractivity contribution in [2.75, 3.05) is 5.32 Å².